The second kappa shape index (κ2) is 5.65. The van der Waals surface area contributed by atoms with E-state index in [-0.39, 0.29) is 11.3 Å². The van der Waals surface area contributed by atoms with E-state index in [9.17, 15) is 9.18 Å². The average molecular weight is 262 g/mol. The quantitative estimate of drug-likeness (QED) is 0.775. The Bertz CT molecular complexity index is 593. The van der Waals surface area contributed by atoms with Gasteiger partial charge in [0.05, 0.1) is 18.0 Å². The molecule has 0 saturated carbocycles. The molecular weight excluding hydrogens is 247 g/mol. The lowest BCUT2D eigenvalue weighted by molar-refractivity contribution is 0.101. The molecule has 100 valence electrons. The van der Waals surface area contributed by atoms with Gasteiger partial charge in [0.2, 0.25) is 0 Å². The molecule has 1 heterocycles. The van der Waals surface area contributed by atoms with Gasteiger partial charge in [-0.1, -0.05) is 6.92 Å². The second-order valence-corrected chi connectivity index (χ2v) is 4.24. The van der Waals surface area contributed by atoms with E-state index in [1.54, 1.807) is 17.1 Å². The van der Waals surface area contributed by atoms with Crippen molar-refractivity contribution in [1.29, 1.82) is 0 Å². The maximum absolute atomic E-state index is 13.1. The lowest BCUT2D eigenvalue weighted by Gasteiger charge is -2.07. The second-order valence-electron chi connectivity index (χ2n) is 4.24. The van der Waals surface area contributed by atoms with Gasteiger partial charge in [-0.2, -0.15) is 5.10 Å². The van der Waals surface area contributed by atoms with Crippen LogP contribution in [0.2, 0.25) is 0 Å². The Morgan fingerprint density at radius 2 is 2.26 bits per heavy atom. The fourth-order valence-corrected chi connectivity index (χ4v) is 1.74. The maximum atomic E-state index is 13.1. The van der Waals surface area contributed by atoms with Crippen LogP contribution in [0.3, 0.4) is 0 Å². The number of Topliss-reactive ketones (excluding diaryl/α,β-unsaturated/α-hetero) is 1. The number of carbonyl (C=O) groups excluding carboxylic acids is 1. The normalized spacial score (nSPS) is 10.5. The number of benzene rings is 1. The van der Waals surface area contributed by atoms with Crippen molar-refractivity contribution < 1.29 is 13.9 Å². The van der Waals surface area contributed by atoms with Gasteiger partial charge in [0.1, 0.15) is 11.6 Å². The molecule has 0 N–H and O–H groups in total. The lowest BCUT2D eigenvalue weighted by Crippen LogP contribution is -1.98. The van der Waals surface area contributed by atoms with Crippen molar-refractivity contribution in [1.82, 2.24) is 9.78 Å². The van der Waals surface area contributed by atoms with Crippen molar-refractivity contribution in [3.63, 3.8) is 0 Å². The number of ether oxygens (including phenoxy) is 1. The summed E-state index contributed by atoms with van der Waals surface area (Å²) in [6, 6.07) is 3.88. The van der Waals surface area contributed by atoms with E-state index in [1.165, 1.54) is 25.1 Å². The van der Waals surface area contributed by atoms with E-state index in [0.29, 0.717) is 11.5 Å². The highest BCUT2D eigenvalue weighted by atomic mass is 19.1. The van der Waals surface area contributed by atoms with Crippen LogP contribution in [0.25, 0.3) is 0 Å². The first-order chi connectivity index (χ1) is 9.10. The number of rotatable bonds is 5. The molecule has 5 heteroatoms. The summed E-state index contributed by atoms with van der Waals surface area (Å²) in [4.78, 5) is 11.4. The first kappa shape index (κ1) is 13.3. The van der Waals surface area contributed by atoms with Crippen LogP contribution in [-0.4, -0.2) is 15.6 Å². The Kier molecular flexibility index (Phi) is 3.94. The van der Waals surface area contributed by atoms with Gasteiger partial charge >= 0.3 is 0 Å². The van der Waals surface area contributed by atoms with Crippen LogP contribution < -0.4 is 4.74 Å². The standard InChI is InChI=1S/C14H15FN2O2/c1-3-6-17-9-12(8-16-17)19-14-5-4-11(15)7-13(14)10(2)18/h4-5,7-9H,3,6H2,1-2H3. The minimum Gasteiger partial charge on any atom is -0.453 e. The summed E-state index contributed by atoms with van der Waals surface area (Å²) in [6.07, 6.45) is 4.29. The summed E-state index contributed by atoms with van der Waals surface area (Å²) in [5.74, 6) is 0.169. The van der Waals surface area contributed by atoms with Gasteiger partial charge in [0.25, 0.3) is 0 Å². The Morgan fingerprint density at radius 3 is 2.95 bits per heavy atom. The van der Waals surface area contributed by atoms with Crippen LogP contribution >= 0.6 is 0 Å². The third kappa shape index (κ3) is 3.19. The third-order valence-electron chi connectivity index (χ3n) is 2.61. The monoisotopic (exact) mass is 262 g/mol. The van der Waals surface area contributed by atoms with Crippen LogP contribution in [0.15, 0.2) is 30.6 Å². The SMILES string of the molecule is CCCn1cc(Oc2ccc(F)cc2C(C)=O)cn1. The van der Waals surface area contributed by atoms with Gasteiger partial charge in [-0.15, -0.1) is 0 Å². The Labute approximate surface area is 110 Å². The topological polar surface area (TPSA) is 44.1 Å². The molecule has 2 rings (SSSR count). The molecule has 2 aromatic rings. The Balaban J connectivity index is 2.24. The van der Waals surface area contributed by atoms with E-state index < -0.39 is 5.82 Å². The van der Waals surface area contributed by atoms with Gasteiger partial charge in [-0.25, -0.2) is 4.39 Å². The summed E-state index contributed by atoms with van der Waals surface area (Å²) >= 11 is 0. The van der Waals surface area contributed by atoms with Gasteiger partial charge in [-0.05, 0) is 31.5 Å². The third-order valence-corrected chi connectivity index (χ3v) is 2.61. The number of nitrogens with zero attached hydrogens (tertiary/aromatic N) is 2. The molecule has 0 aliphatic carbocycles. The van der Waals surface area contributed by atoms with Gasteiger partial charge in [0.15, 0.2) is 11.5 Å². The highest BCUT2D eigenvalue weighted by Crippen LogP contribution is 2.26. The highest BCUT2D eigenvalue weighted by Gasteiger charge is 2.11. The van der Waals surface area contributed by atoms with Crippen molar-refractivity contribution in [2.24, 2.45) is 0 Å². The number of halogens is 1. The first-order valence-corrected chi connectivity index (χ1v) is 6.11. The first-order valence-electron chi connectivity index (χ1n) is 6.11. The largest absolute Gasteiger partial charge is 0.453 e. The molecule has 0 bridgehead atoms. The predicted octanol–water partition coefficient (Wildman–Crippen LogP) is 3.43. The zero-order valence-corrected chi connectivity index (χ0v) is 10.9. The number of carbonyl (C=O) groups is 1. The van der Waals surface area contributed by atoms with E-state index >= 15 is 0 Å². The molecule has 0 aliphatic rings. The molecule has 1 aromatic carbocycles. The van der Waals surface area contributed by atoms with Crippen LogP contribution in [0, 0.1) is 5.82 Å². The van der Waals surface area contributed by atoms with Crippen molar-refractivity contribution in [2.75, 3.05) is 0 Å². The van der Waals surface area contributed by atoms with Crippen molar-refractivity contribution in [3.05, 3.63) is 42.0 Å². The minimum absolute atomic E-state index is 0.225. The fourth-order valence-electron chi connectivity index (χ4n) is 1.74. The van der Waals surface area contributed by atoms with E-state index in [2.05, 4.69) is 12.0 Å². The molecule has 19 heavy (non-hydrogen) atoms. The van der Waals surface area contributed by atoms with Crippen LogP contribution in [-0.2, 0) is 6.54 Å². The van der Waals surface area contributed by atoms with Gasteiger partial charge in [0, 0.05) is 6.54 Å². The molecule has 1 aromatic heterocycles. The zero-order valence-electron chi connectivity index (χ0n) is 10.9. The number of aromatic nitrogens is 2. The molecule has 0 atom stereocenters. The summed E-state index contributed by atoms with van der Waals surface area (Å²) in [7, 11) is 0. The number of aryl methyl sites for hydroxylation is 1. The van der Waals surface area contributed by atoms with Crippen LogP contribution in [0.5, 0.6) is 11.5 Å². The van der Waals surface area contributed by atoms with Gasteiger partial charge in [-0.3, -0.25) is 9.48 Å². The Morgan fingerprint density at radius 1 is 1.47 bits per heavy atom. The highest BCUT2D eigenvalue weighted by molar-refractivity contribution is 5.96. The van der Waals surface area contributed by atoms with Crippen molar-refractivity contribution in [2.45, 2.75) is 26.8 Å². The summed E-state index contributed by atoms with van der Waals surface area (Å²) in [6.45, 7) is 4.23. The molecule has 0 radical (unpaired) electrons. The molecule has 0 amide bonds. The molecule has 0 unspecified atom stereocenters. The average Bonchev–Trinajstić information content (AvgIpc) is 2.79. The maximum Gasteiger partial charge on any atom is 0.165 e. The molecule has 0 saturated heterocycles. The van der Waals surface area contributed by atoms with E-state index in [4.69, 9.17) is 4.74 Å². The van der Waals surface area contributed by atoms with Crippen molar-refractivity contribution >= 4 is 5.78 Å². The smallest absolute Gasteiger partial charge is 0.165 e. The zero-order chi connectivity index (χ0) is 13.8. The van der Waals surface area contributed by atoms with E-state index in [0.717, 1.165) is 13.0 Å². The number of hydrogen-bond acceptors (Lipinski definition) is 3. The molecule has 0 aliphatic heterocycles. The predicted molar refractivity (Wildman–Crippen MR) is 69.0 cm³/mol. The van der Waals surface area contributed by atoms with Crippen LogP contribution in [0.4, 0.5) is 4.39 Å². The number of hydrogen-bond donors (Lipinski definition) is 0. The van der Waals surface area contributed by atoms with Gasteiger partial charge < -0.3 is 4.74 Å². The summed E-state index contributed by atoms with van der Waals surface area (Å²) in [5.41, 5.74) is 0.225. The lowest BCUT2D eigenvalue weighted by atomic mass is 10.1. The molecule has 4 nitrogen and oxygen atoms in total. The van der Waals surface area contributed by atoms with E-state index in [1.807, 2.05) is 0 Å². The minimum atomic E-state index is -0.459. The molecular formula is C14H15FN2O2. The molecule has 0 spiro atoms. The number of ketones is 1. The van der Waals surface area contributed by atoms with Crippen LogP contribution in [0.1, 0.15) is 30.6 Å². The molecule has 0 fully saturated rings. The summed E-state index contributed by atoms with van der Waals surface area (Å²) in [5, 5.41) is 4.13. The summed E-state index contributed by atoms with van der Waals surface area (Å²) < 4.78 is 20.5. The Hall–Kier alpha value is -2.17. The van der Waals surface area contributed by atoms with Crippen molar-refractivity contribution in [3.8, 4) is 11.5 Å². The fraction of sp³-hybridized carbons (Fsp3) is 0.286.